The molecule has 0 saturated carbocycles. The van der Waals surface area contributed by atoms with Crippen molar-refractivity contribution in [3.63, 3.8) is 0 Å². The Labute approximate surface area is 339 Å². The Morgan fingerprint density at radius 3 is 1.51 bits per heavy atom. The normalized spacial score (nSPS) is 12.9. The lowest BCUT2D eigenvalue weighted by Gasteiger charge is -2.15. The number of carboxylic acid groups (broad SMARTS) is 1. The number of hydrogen-bond donors (Lipinski definition) is 3. The Hall–Kier alpha value is -2.41. The van der Waals surface area contributed by atoms with Crippen molar-refractivity contribution in [2.75, 3.05) is 6.54 Å². The number of rotatable bonds is 42. The van der Waals surface area contributed by atoms with Gasteiger partial charge in [0.05, 0.1) is 0 Å². The van der Waals surface area contributed by atoms with Gasteiger partial charge in [0, 0.05) is 12.8 Å². The van der Waals surface area contributed by atoms with Gasteiger partial charge in [0.25, 0.3) is 0 Å². The third-order valence-electron chi connectivity index (χ3n) is 10.4. The van der Waals surface area contributed by atoms with Gasteiger partial charge in [-0.1, -0.05) is 166 Å². The van der Waals surface area contributed by atoms with Gasteiger partial charge in [-0.25, -0.2) is 4.79 Å². The van der Waals surface area contributed by atoms with E-state index < -0.39 is 12.0 Å². The van der Waals surface area contributed by atoms with Gasteiger partial charge in [0.2, 0.25) is 5.91 Å². The predicted molar refractivity (Wildman–Crippen MR) is 234 cm³/mol. The Bertz CT molecular complexity index is 962. The van der Waals surface area contributed by atoms with Crippen LogP contribution in [0.3, 0.4) is 0 Å². The smallest absolute Gasteiger partial charge is 0.326 e. The quantitative estimate of drug-likeness (QED) is 0.0323. The molecule has 2 atom stereocenters. The molecule has 0 saturated heterocycles. The number of esters is 1. The largest absolute Gasteiger partial charge is 0.480 e. The first-order valence-electron chi connectivity index (χ1n) is 23.3. The molecule has 2 unspecified atom stereocenters. The van der Waals surface area contributed by atoms with Crippen LogP contribution in [0.5, 0.6) is 0 Å². The highest BCUT2D eigenvalue weighted by molar-refractivity contribution is 5.83. The highest BCUT2D eigenvalue weighted by Gasteiger charge is 2.19. The number of nitrogens with two attached hydrogens (primary N) is 1. The summed E-state index contributed by atoms with van der Waals surface area (Å²) in [4.78, 5) is 36.3. The van der Waals surface area contributed by atoms with Crippen LogP contribution in [0.15, 0.2) is 36.5 Å². The number of unbranched alkanes of at least 4 members (excludes halogenated alkanes) is 24. The van der Waals surface area contributed by atoms with E-state index in [2.05, 4.69) is 55.6 Å². The van der Waals surface area contributed by atoms with Gasteiger partial charge >= 0.3 is 11.9 Å². The zero-order chi connectivity index (χ0) is 40.3. The first kappa shape index (κ1) is 52.6. The number of amides is 1. The second kappa shape index (κ2) is 42.7. The molecule has 0 aromatic heterocycles. The number of aliphatic carboxylic acids is 1. The van der Waals surface area contributed by atoms with E-state index in [9.17, 15) is 19.5 Å². The topological polar surface area (TPSA) is 119 Å². The van der Waals surface area contributed by atoms with E-state index in [4.69, 9.17) is 10.5 Å². The molecule has 0 fully saturated rings. The van der Waals surface area contributed by atoms with E-state index >= 15 is 0 Å². The number of allylic oxidation sites excluding steroid dienone is 5. The molecular weight excluding hydrogens is 685 g/mol. The highest BCUT2D eigenvalue weighted by Crippen LogP contribution is 2.16. The Balaban J connectivity index is 4.06. The summed E-state index contributed by atoms with van der Waals surface area (Å²) in [5, 5.41) is 11.9. The molecule has 0 radical (unpaired) electrons. The minimum Gasteiger partial charge on any atom is -0.480 e. The molecule has 0 aliphatic rings. The summed E-state index contributed by atoms with van der Waals surface area (Å²) in [6.07, 6.45) is 50.8. The van der Waals surface area contributed by atoms with Crippen molar-refractivity contribution in [2.45, 2.75) is 244 Å². The van der Waals surface area contributed by atoms with Crippen molar-refractivity contribution >= 4 is 17.8 Å². The second-order valence-electron chi connectivity index (χ2n) is 15.8. The molecule has 7 nitrogen and oxygen atoms in total. The van der Waals surface area contributed by atoms with Crippen molar-refractivity contribution in [2.24, 2.45) is 5.73 Å². The third-order valence-corrected chi connectivity index (χ3v) is 10.4. The van der Waals surface area contributed by atoms with Crippen LogP contribution in [0.1, 0.15) is 232 Å². The standard InChI is InChI=1S/C48H88N2O5/c1-3-5-7-9-11-12-13-14-15-16-17-18-19-20-21-22-23-24-25-26-28-30-36-42-47(52)55-44(38-33-29-27-10-8-6-4-2)39-34-31-32-35-41-46(51)50-45(48(53)54)40-37-43-49/h13-14,16-17,33,38,44-45H,3-12,15,18-32,34-37,39-43,49H2,1-2H3,(H,50,51)(H,53,54)/b14-13-,17-16-,38-33-. The van der Waals surface area contributed by atoms with E-state index in [0.717, 1.165) is 51.4 Å². The van der Waals surface area contributed by atoms with E-state index in [1.54, 1.807) is 0 Å². The maximum Gasteiger partial charge on any atom is 0.326 e. The molecule has 0 aliphatic heterocycles. The van der Waals surface area contributed by atoms with Crippen LogP contribution in [-0.4, -0.2) is 41.6 Å². The second-order valence-corrected chi connectivity index (χ2v) is 15.8. The van der Waals surface area contributed by atoms with Crippen molar-refractivity contribution in [3.05, 3.63) is 36.5 Å². The van der Waals surface area contributed by atoms with Crippen LogP contribution in [0.4, 0.5) is 0 Å². The number of carbonyl (C=O) groups is 3. The van der Waals surface area contributed by atoms with Gasteiger partial charge in [-0.05, 0) is 96.1 Å². The van der Waals surface area contributed by atoms with Gasteiger partial charge in [-0.15, -0.1) is 0 Å². The molecule has 0 spiro atoms. The number of carboxylic acids is 1. The van der Waals surface area contributed by atoms with Crippen LogP contribution >= 0.6 is 0 Å². The average Bonchev–Trinajstić information content (AvgIpc) is 3.17. The van der Waals surface area contributed by atoms with Gasteiger partial charge in [-0.2, -0.15) is 0 Å². The molecule has 320 valence electrons. The molecule has 0 aliphatic carbocycles. The molecule has 1 amide bonds. The summed E-state index contributed by atoms with van der Waals surface area (Å²) in [6, 6.07) is -0.870. The van der Waals surface area contributed by atoms with Crippen molar-refractivity contribution in [1.82, 2.24) is 5.32 Å². The summed E-state index contributed by atoms with van der Waals surface area (Å²) in [5.74, 6) is -1.33. The number of nitrogens with one attached hydrogen (secondary N) is 1. The maximum atomic E-state index is 12.7. The van der Waals surface area contributed by atoms with E-state index in [1.807, 2.05) is 0 Å². The molecule has 0 aromatic rings. The molecule has 55 heavy (non-hydrogen) atoms. The molecule has 0 rings (SSSR count). The molecular formula is C48H88N2O5. The van der Waals surface area contributed by atoms with Gasteiger partial charge in [0.15, 0.2) is 0 Å². The summed E-state index contributed by atoms with van der Waals surface area (Å²) >= 11 is 0. The van der Waals surface area contributed by atoms with E-state index in [1.165, 1.54) is 135 Å². The minimum atomic E-state index is -1.01. The van der Waals surface area contributed by atoms with Crippen LogP contribution in [0, 0.1) is 0 Å². The van der Waals surface area contributed by atoms with E-state index in [0.29, 0.717) is 38.6 Å². The monoisotopic (exact) mass is 773 g/mol. The summed E-state index contributed by atoms with van der Waals surface area (Å²) in [7, 11) is 0. The Morgan fingerprint density at radius 2 is 1.00 bits per heavy atom. The maximum absolute atomic E-state index is 12.7. The fourth-order valence-electron chi connectivity index (χ4n) is 6.86. The fraction of sp³-hybridized carbons (Fsp3) is 0.812. The average molecular weight is 773 g/mol. The molecule has 7 heteroatoms. The van der Waals surface area contributed by atoms with Gasteiger partial charge in [-0.3, -0.25) is 9.59 Å². The summed E-state index contributed by atoms with van der Waals surface area (Å²) in [5.41, 5.74) is 5.48. The molecule has 0 aromatic carbocycles. The lowest BCUT2D eigenvalue weighted by molar-refractivity contribution is -0.147. The van der Waals surface area contributed by atoms with Crippen LogP contribution in [0.2, 0.25) is 0 Å². The van der Waals surface area contributed by atoms with Crippen LogP contribution in [0.25, 0.3) is 0 Å². The SMILES string of the molecule is CCCCCCC/C=C\C/C=C\CCCCCCCCCCCCCC(=O)OC(/C=C\CCCCCCC)CCCCCCC(=O)NC(CCCN)C(=O)O. The highest BCUT2D eigenvalue weighted by atomic mass is 16.5. The summed E-state index contributed by atoms with van der Waals surface area (Å²) in [6.45, 7) is 4.90. The van der Waals surface area contributed by atoms with Crippen molar-refractivity contribution in [1.29, 1.82) is 0 Å². The fourth-order valence-corrected chi connectivity index (χ4v) is 6.86. The van der Waals surface area contributed by atoms with Crippen LogP contribution in [-0.2, 0) is 19.1 Å². The first-order valence-corrected chi connectivity index (χ1v) is 23.3. The Kier molecular flexibility index (Phi) is 40.9. The minimum absolute atomic E-state index is 0.0901. The lowest BCUT2D eigenvalue weighted by atomic mass is 10.0. The van der Waals surface area contributed by atoms with Crippen molar-refractivity contribution < 1.29 is 24.2 Å². The zero-order valence-corrected chi connectivity index (χ0v) is 36.0. The lowest BCUT2D eigenvalue weighted by Crippen LogP contribution is -2.40. The first-order chi connectivity index (χ1) is 26.9. The molecule has 0 bridgehead atoms. The van der Waals surface area contributed by atoms with Gasteiger partial charge < -0.3 is 20.9 Å². The number of ether oxygens (including phenoxy) is 1. The predicted octanol–water partition coefficient (Wildman–Crippen LogP) is 13.4. The number of carbonyl (C=O) groups excluding carboxylic acids is 2. The third kappa shape index (κ3) is 39.6. The zero-order valence-electron chi connectivity index (χ0n) is 36.0. The summed E-state index contributed by atoms with van der Waals surface area (Å²) < 4.78 is 5.93. The van der Waals surface area contributed by atoms with Crippen LogP contribution < -0.4 is 11.1 Å². The van der Waals surface area contributed by atoms with Gasteiger partial charge in [0.1, 0.15) is 12.1 Å². The molecule has 0 heterocycles. The van der Waals surface area contributed by atoms with E-state index in [-0.39, 0.29) is 18.0 Å². The molecule has 4 N–H and O–H groups in total. The number of hydrogen-bond acceptors (Lipinski definition) is 5. The Morgan fingerprint density at radius 1 is 0.545 bits per heavy atom. The van der Waals surface area contributed by atoms with Crippen molar-refractivity contribution in [3.8, 4) is 0 Å².